The molecule has 0 spiro atoms. The first kappa shape index (κ1) is 14.3. The van der Waals surface area contributed by atoms with Crippen molar-refractivity contribution >= 4 is 5.97 Å². The van der Waals surface area contributed by atoms with Crippen molar-refractivity contribution in [1.29, 1.82) is 0 Å². The third-order valence-electron chi connectivity index (χ3n) is 3.16. The maximum atomic E-state index is 11.9. The third kappa shape index (κ3) is 3.68. The summed E-state index contributed by atoms with van der Waals surface area (Å²) in [5.74, 6) is -0.274. The zero-order chi connectivity index (χ0) is 14.4. The van der Waals surface area contributed by atoms with Crippen LogP contribution in [-0.4, -0.2) is 13.1 Å². The maximum absolute atomic E-state index is 11.9. The Hall–Kier alpha value is -2.13. The molecule has 3 nitrogen and oxygen atoms in total. The van der Waals surface area contributed by atoms with Crippen molar-refractivity contribution in [3.63, 3.8) is 0 Å². The number of nitrogens with one attached hydrogen (secondary N) is 1. The van der Waals surface area contributed by atoms with Gasteiger partial charge in [-0.25, -0.2) is 4.79 Å². The Labute approximate surface area is 119 Å². The molecule has 3 heteroatoms. The molecule has 1 unspecified atom stereocenters. The number of ether oxygens (including phenoxy) is 1. The van der Waals surface area contributed by atoms with Crippen LogP contribution in [0.2, 0.25) is 0 Å². The highest BCUT2D eigenvalue weighted by Gasteiger charge is 2.20. The van der Waals surface area contributed by atoms with Crippen LogP contribution in [0, 0.1) is 6.92 Å². The van der Waals surface area contributed by atoms with E-state index in [0.717, 1.165) is 11.1 Å². The molecule has 0 saturated carbocycles. The zero-order valence-corrected chi connectivity index (χ0v) is 11.8. The van der Waals surface area contributed by atoms with E-state index >= 15 is 0 Å². The minimum atomic E-state index is -0.443. The fraction of sp³-hybridized carbons (Fsp3) is 0.235. The van der Waals surface area contributed by atoms with E-state index in [-0.39, 0.29) is 5.97 Å². The van der Waals surface area contributed by atoms with Crippen molar-refractivity contribution < 1.29 is 9.53 Å². The SMILES string of the molecule is COC(=O)C(NCc1cccc(C)c1)c1ccccc1. The molecule has 2 aromatic carbocycles. The van der Waals surface area contributed by atoms with Gasteiger partial charge >= 0.3 is 5.97 Å². The Kier molecular flexibility index (Phi) is 4.91. The lowest BCUT2D eigenvalue weighted by molar-refractivity contribution is -0.143. The predicted octanol–water partition coefficient (Wildman–Crippen LogP) is 3.00. The van der Waals surface area contributed by atoms with Gasteiger partial charge in [-0.15, -0.1) is 0 Å². The van der Waals surface area contributed by atoms with Gasteiger partial charge < -0.3 is 4.74 Å². The lowest BCUT2D eigenvalue weighted by Gasteiger charge is -2.17. The first-order chi connectivity index (χ1) is 9.70. The van der Waals surface area contributed by atoms with Gasteiger partial charge in [0, 0.05) is 6.54 Å². The quantitative estimate of drug-likeness (QED) is 0.848. The molecule has 0 heterocycles. The van der Waals surface area contributed by atoms with Crippen LogP contribution in [0.5, 0.6) is 0 Å². The number of carbonyl (C=O) groups is 1. The van der Waals surface area contributed by atoms with Crippen LogP contribution in [0.1, 0.15) is 22.7 Å². The van der Waals surface area contributed by atoms with Crippen LogP contribution < -0.4 is 5.32 Å². The largest absolute Gasteiger partial charge is 0.468 e. The summed E-state index contributed by atoms with van der Waals surface area (Å²) in [6.45, 7) is 2.68. The van der Waals surface area contributed by atoms with E-state index < -0.39 is 6.04 Å². The lowest BCUT2D eigenvalue weighted by Crippen LogP contribution is -2.29. The van der Waals surface area contributed by atoms with E-state index in [1.165, 1.54) is 12.7 Å². The van der Waals surface area contributed by atoms with E-state index in [1.807, 2.05) is 42.5 Å². The van der Waals surface area contributed by atoms with E-state index in [1.54, 1.807) is 0 Å². The number of benzene rings is 2. The Morgan fingerprint density at radius 3 is 2.55 bits per heavy atom. The molecule has 0 aliphatic carbocycles. The first-order valence-electron chi connectivity index (χ1n) is 6.62. The number of hydrogen-bond acceptors (Lipinski definition) is 3. The molecule has 0 fully saturated rings. The monoisotopic (exact) mass is 269 g/mol. The van der Waals surface area contributed by atoms with Crippen molar-refractivity contribution in [3.05, 3.63) is 71.3 Å². The second kappa shape index (κ2) is 6.87. The molecular weight excluding hydrogens is 250 g/mol. The van der Waals surface area contributed by atoms with Crippen LogP contribution in [-0.2, 0) is 16.1 Å². The van der Waals surface area contributed by atoms with Crippen LogP contribution in [0.15, 0.2) is 54.6 Å². The van der Waals surface area contributed by atoms with E-state index in [9.17, 15) is 4.79 Å². The van der Waals surface area contributed by atoms with Crippen LogP contribution in [0.3, 0.4) is 0 Å². The van der Waals surface area contributed by atoms with E-state index in [4.69, 9.17) is 4.74 Å². The summed E-state index contributed by atoms with van der Waals surface area (Å²) in [4.78, 5) is 11.9. The summed E-state index contributed by atoms with van der Waals surface area (Å²) in [5, 5.41) is 3.26. The average molecular weight is 269 g/mol. The van der Waals surface area contributed by atoms with Gasteiger partial charge in [0.2, 0.25) is 0 Å². The van der Waals surface area contributed by atoms with Crippen molar-refractivity contribution in [2.24, 2.45) is 0 Å². The van der Waals surface area contributed by atoms with Gasteiger partial charge in [0.15, 0.2) is 0 Å². The molecule has 0 aromatic heterocycles. The van der Waals surface area contributed by atoms with Crippen molar-refractivity contribution in [2.75, 3.05) is 7.11 Å². The fourth-order valence-electron chi connectivity index (χ4n) is 2.14. The number of carbonyl (C=O) groups excluding carboxylic acids is 1. The van der Waals surface area contributed by atoms with Crippen molar-refractivity contribution in [1.82, 2.24) is 5.32 Å². The molecule has 2 aromatic rings. The van der Waals surface area contributed by atoms with Crippen LogP contribution in [0.25, 0.3) is 0 Å². The second-order valence-corrected chi connectivity index (χ2v) is 4.74. The van der Waals surface area contributed by atoms with Crippen molar-refractivity contribution in [2.45, 2.75) is 19.5 Å². The molecule has 1 atom stereocenters. The fourth-order valence-corrected chi connectivity index (χ4v) is 2.14. The van der Waals surface area contributed by atoms with Gasteiger partial charge in [-0.1, -0.05) is 60.2 Å². The highest BCUT2D eigenvalue weighted by molar-refractivity contribution is 5.77. The maximum Gasteiger partial charge on any atom is 0.327 e. The Morgan fingerprint density at radius 2 is 1.90 bits per heavy atom. The summed E-state index contributed by atoms with van der Waals surface area (Å²) in [7, 11) is 1.41. The summed E-state index contributed by atoms with van der Waals surface area (Å²) in [6, 6.07) is 17.4. The zero-order valence-electron chi connectivity index (χ0n) is 11.8. The minimum absolute atomic E-state index is 0.274. The highest BCUT2D eigenvalue weighted by atomic mass is 16.5. The molecule has 104 valence electrons. The molecule has 0 radical (unpaired) electrons. The van der Waals surface area contributed by atoms with Gasteiger partial charge in [-0.3, -0.25) is 5.32 Å². The standard InChI is InChI=1S/C17H19NO2/c1-13-7-6-8-14(11-13)12-18-16(17(19)20-2)15-9-4-3-5-10-15/h3-11,16,18H,12H2,1-2H3. The molecular formula is C17H19NO2. The van der Waals surface area contributed by atoms with Crippen LogP contribution >= 0.6 is 0 Å². The Balaban J connectivity index is 2.11. The Morgan fingerprint density at radius 1 is 1.15 bits per heavy atom. The summed E-state index contributed by atoms with van der Waals surface area (Å²) >= 11 is 0. The molecule has 0 aliphatic rings. The number of methoxy groups -OCH3 is 1. The van der Waals surface area contributed by atoms with Crippen LogP contribution in [0.4, 0.5) is 0 Å². The van der Waals surface area contributed by atoms with Gasteiger partial charge in [0.1, 0.15) is 6.04 Å². The lowest BCUT2D eigenvalue weighted by atomic mass is 10.1. The summed E-state index contributed by atoms with van der Waals surface area (Å²) in [6.07, 6.45) is 0. The number of aryl methyl sites for hydroxylation is 1. The van der Waals surface area contributed by atoms with Gasteiger partial charge in [0.25, 0.3) is 0 Å². The molecule has 0 saturated heterocycles. The highest BCUT2D eigenvalue weighted by Crippen LogP contribution is 2.15. The topological polar surface area (TPSA) is 38.3 Å². The number of esters is 1. The minimum Gasteiger partial charge on any atom is -0.468 e. The van der Waals surface area contributed by atoms with Crippen molar-refractivity contribution in [3.8, 4) is 0 Å². The smallest absolute Gasteiger partial charge is 0.327 e. The first-order valence-corrected chi connectivity index (χ1v) is 6.62. The van der Waals surface area contributed by atoms with E-state index in [0.29, 0.717) is 6.54 Å². The molecule has 2 rings (SSSR count). The number of hydrogen-bond donors (Lipinski definition) is 1. The van der Waals surface area contributed by atoms with E-state index in [2.05, 4.69) is 24.4 Å². The average Bonchev–Trinajstić information content (AvgIpc) is 2.48. The molecule has 0 amide bonds. The Bertz CT molecular complexity index is 566. The number of rotatable bonds is 5. The predicted molar refractivity (Wildman–Crippen MR) is 79.2 cm³/mol. The summed E-state index contributed by atoms with van der Waals surface area (Å²) < 4.78 is 4.88. The summed E-state index contributed by atoms with van der Waals surface area (Å²) in [5.41, 5.74) is 3.26. The molecule has 0 bridgehead atoms. The van der Waals surface area contributed by atoms with Gasteiger partial charge in [0.05, 0.1) is 7.11 Å². The third-order valence-corrected chi connectivity index (χ3v) is 3.16. The molecule has 0 aliphatic heterocycles. The molecule has 1 N–H and O–H groups in total. The van der Waals surface area contributed by atoms with Gasteiger partial charge in [-0.2, -0.15) is 0 Å². The second-order valence-electron chi connectivity index (χ2n) is 4.74. The molecule has 20 heavy (non-hydrogen) atoms. The van der Waals surface area contributed by atoms with Gasteiger partial charge in [-0.05, 0) is 18.1 Å². The normalized spacial score (nSPS) is 11.9.